The quantitative estimate of drug-likeness (QED) is 0.589. The van der Waals surface area contributed by atoms with Gasteiger partial charge in [0.05, 0.1) is 11.1 Å². The first-order valence-corrected chi connectivity index (χ1v) is 8.86. The molecule has 0 amide bonds. The second-order valence-electron chi connectivity index (χ2n) is 7.07. The van der Waals surface area contributed by atoms with E-state index in [1.54, 1.807) is 12.1 Å². The number of benzene rings is 2. The second kappa shape index (κ2) is 7.59. The molecule has 1 fully saturated rings. The summed E-state index contributed by atoms with van der Waals surface area (Å²) >= 11 is 0. The fraction of sp³-hybridized carbons (Fsp3) is 0.381. The van der Waals surface area contributed by atoms with Gasteiger partial charge in [0.25, 0.3) is 0 Å². The molecule has 0 bridgehead atoms. The molecule has 0 spiro atoms. The van der Waals surface area contributed by atoms with Gasteiger partial charge in [-0.25, -0.2) is 8.78 Å². The van der Waals surface area contributed by atoms with Gasteiger partial charge in [-0.15, -0.1) is 0 Å². The van der Waals surface area contributed by atoms with E-state index in [1.165, 1.54) is 12.1 Å². The van der Waals surface area contributed by atoms with Crippen molar-refractivity contribution in [2.75, 3.05) is 0 Å². The number of alkyl halides is 2. The molecule has 1 saturated carbocycles. The summed E-state index contributed by atoms with van der Waals surface area (Å²) in [4.78, 5) is 0. The Balaban J connectivity index is 1.78. The number of hydrogen-bond acceptors (Lipinski definition) is 2. The Hall–Kier alpha value is -2.55. The molecular weight excluding hydrogens is 358 g/mol. The minimum absolute atomic E-state index is 0.220. The highest BCUT2D eigenvalue weighted by atomic mass is 19.3. The third-order valence-corrected chi connectivity index (χ3v) is 5.11. The Kier molecular flexibility index (Phi) is 5.41. The van der Waals surface area contributed by atoms with Crippen molar-refractivity contribution in [3.63, 3.8) is 0 Å². The summed E-state index contributed by atoms with van der Waals surface area (Å²) in [6.07, 6.45) is 0.0835. The first-order chi connectivity index (χ1) is 12.8. The molecule has 1 aliphatic rings. The Bertz CT molecular complexity index is 867. The molecule has 0 heterocycles. The predicted molar refractivity (Wildman–Crippen MR) is 92.4 cm³/mol. The Labute approximate surface area is 155 Å². The molecule has 142 valence electrons. The maximum atomic E-state index is 14.4. The maximum Gasteiger partial charge on any atom is 0.426 e. The van der Waals surface area contributed by atoms with Crippen LogP contribution in [0.25, 0.3) is 0 Å². The van der Waals surface area contributed by atoms with Crippen molar-refractivity contribution in [3.8, 4) is 11.8 Å². The van der Waals surface area contributed by atoms with E-state index in [1.807, 2.05) is 0 Å². The monoisotopic (exact) mass is 377 g/mol. The summed E-state index contributed by atoms with van der Waals surface area (Å²) in [5.74, 6) is -1.68. The molecule has 3 rings (SSSR count). The molecule has 0 radical (unpaired) electrons. The lowest BCUT2D eigenvalue weighted by Gasteiger charge is -2.27. The lowest BCUT2D eigenvalue weighted by atomic mass is 9.79. The normalized spacial score (nSPS) is 20.1. The number of rotatable bonds is 4. The van der Waals surface area contributed by atoms with Gasteiger partial charge in [-0.3, -0.25) is 0 Å². The standard InChI is InChI=1S/C21H19F4NO/c1-13-2-4-14(5-3-13)15-7-9-20(19(23)10-15)27-21(24,25)17-8-6-16(12-26)18(22)11-17/h6-11,13-14H,2-5H2,1H3. The molecular formula is C21H19F4NO. The van der Waals surface area contributed by atoms with E-state index in [9.17, 15) is 17.6 Å². The topological polar surface area (TPSA) is 33.0 Å². The van der Waals surface area contributed by atoms with Gasteiger partial charge in [0.2, 0.25) is 0 Å². The zero-order valence-electron chi connectivity index (χ0n) is 14.8. The van der Waals surface area contributed by atoms with Gasteiger partial charge in [0.15, 0.2) is 11.6 Å². The van der Waals surface area contributed by atoms with Crippen LogP contribution in [0, 0.1) is 28.9 Å². The van der Waals surface area contributed by atoms with Crippen LogP contribution in [-0.4, -0.2) is 0 Å². The molecule has 1 aliphatic carbocycles. The van der Waals surface area contributed by atoms with Crippen molar-refractivity contribution >= 4 is 0 Å². The number of halogens is 4. The summed E-state index contributed by atoms with van der Waals surface area (Å²) in [5, 5.41) is 8.67. The highest BCUT2D eigenvalue weighted by Crippen LogP contribution is 2.38. The number of nitriles is 1. The fourth-order valence-electron chi connectivity index (χ4n) is 3.43. The van der Waals surface area contributed by atoms with E-state index >= 15 is 0 Å². The van der Waals surface area contributed by atoms with Gasteiger partial charge in [-0.05, 0) is 60.6 Å². The van der Waals surface area contributed by atoms with E-state index in [0.717, 1.165) is 43.4 Å². The van der Waals surface area contributed by atoms with E-state index in [2.05, 4.69) is 11.7 Å². The highest BCUT2D eigenvalue weighted by molar-refractivity contribution is 5.36. The van der Waals surface area contributed by atoms with Gasteiger partial charge in [0.1, 0.15) is 11.9 Å². The molecule has 0 unspecified atom stereocenters. The minimum Gasteiger partial charge on any atom is -0.426 e. The van der Waals surface area contributed by atoms with Crippen molar-refractivity contribution in [2.45, 2.75) is 44.6 Å². The molecule has 2 nitrogen and oxygen atoms in total. The molecule has 0 N–H and O–H groups in total. The third-order valence-electron chi connectivity index (χ3n) is 5.11. The van der Waals surface area contributed by atoms with Crippen LogP contribution >= 0.6 is 0 Å². The second-order valence-corrected chi connectivity index (χ2v) is 7.07. The zero-order chi connectivity index (χ0) is 19.6. The average molecular weight is 377 g/mol. The Morgan fingerprint density at radius 3 is 2.30 bits per heavy atom. The molecule has 2 aromatic rings. The van der Waals surface area contributed by atoms with Gasteiger partial charge < -0.3 is 4.74 Å². The van der Waals surface area contributed by atoms with Crippen LogP contribution in [0.15, 0.2) is 36.4 Å². The van der Waals surface area contributed by atoms with Crippen LogP contribution in [0.4, 0.5) is 17.6 Å². The van der Waals surface area contributed by atoms with Crippen LogP contribution in [-0.2, 0) is 6.11 Å². The molecule has 2 aromatic carbocycles. The SMILES string of the molecule is CC1CCC(c2ccc(OC(F)(F)c3ccc(C#N)c(F)c3)c(F)c2)CC1. The maximum absolute atomic E-state index is 14.4. The largest absolute Gasteiger partial charge is 0.426 e. The zero-order valence-corrected chi connectivity index (χ0v) is 14.8. The average Bonchev–Trinajstić information content (AvgIpc) is 2.64. The lowest BCUT2D eigenvalue weighted by Crippen LogP contribution is -2.23. The van der Waals surface area contributed by atoms with Gasteiger partial charge in [0, 0.05) is 0 Å². The number of hydrogen-bond donors (Lipinski definition) is 0. The number of nitrogens with zero attached hydrogens (tertiary/aromatic N) is 1. The van der Waals surface area contributed by atoms with E-state index < -0.39 is 29.1 Å². The summed E-state index contributed by atoms with van der Waals surface area (Å²) in [7, 11) is 0. The fourth-order valence-corrected chi connectivity index (χ4v) is 3.43. The molecule has 0 atom stereocenters. The summed E-state index contributed by atoms with van der Waals surface area (Å²) < 4.78 is 61.1. The number of ether oxygens (including phenoxy) is 1. The molecule has 0 aliphatic heterocycles. The highest BCUT2D eigenvalue weighted by Gasteiger charge is 2.36. The Morgan fingerprint density at radius 1 is 1.00 bits per heavy atom. The summed E-state index contributed by atoms with van der Waals surface area (Å²) in [6.45, 7) is 2.18. The summed E-state index contributed by atoms with van der Waals surface area (Å²) in [5.41, 5.74) is -0.366. The van der Waals surface area contributed by atoms with Crippen molar-refractivity contribution in [3.05, 3.63) is 64.7 Å². The van der Waals surface area contributed by atoms with Crippen LogP contribution in [0.1, 0.15) is 55.2 Å². The van der Waals surface area contributed by atoms with Crippen molar-refractivity contribution < 1.29 is 22.3 Å². The minimum atomic E-state index is -3.93. The van der Waals surface area contributed by atoms with Gasteiger partial charge >= 0.3 is 6.11 Å². The predicted octanol–water partition coefficient (Wildman–Crippen LogP) is 6.26. The summed E-state index contributed by atoms with van der Waals surface area (Å²) in [6, 6.07) is 7.93. The molecule has 0 saturated heterocycles. The van der Waals surface area contributed by atoms with E-state index in [0.29, 0.717) is 12.0 Å². The van der Waals surface area contributed by atoms with Gasteiger partial charge in [-0.1, -0.05) is 25.8 Å². The smallest absolute Gasteiger partial charge is 0.426 e. The van der Waals surface area contributed by atoms with Crippen molar-refractivity contribution in [2.24, 2.45) is 5.92 Å². The third kappa shape index (κ3) is 4.24. The van der Waals surface area contributed by atoms with Crippen LogP contribution < -0.4 is 4.74 Å². The molecule has 6 heteroatoms. The Morgan fingerprint density at radius 2 is 1.70 bits per heavy atom. The first kappa shape index (κ1) is 19.2. The molecule has 0 aromatic heterocycles. The van der Waals surface area contributed by atoms with Gasteiger partial charge in [-0.2, -0.15) is 14.0 Å². The van der Waals surface area contributed by atoms with Crippen LogP contribution in [0.5, 0.6) is 5.75 Å². The van der Waals surface area contributed by atoms with E-state index in [4.69, 9.17) is 5.26 Å². The van der Waals surface area contributed by atoms with Crippen LogP contribution in [0.3, 0.4) is 0 Å². The van der Waals surface area contributed by atoms with E-state index in [-0.39, 0.29) is 11.5 Å². The first-order valence-electron chi connectivity index (χ1n) is 8.86. The lowest BCUT2D eigenvalue weighted by molar-refractivity contribution is -0.187. The van der Waals surface area contributed by atoms with Crippen LogP contribution in [0.2, 0.25) is 0 Å². The van der Waals surface area contributed by atoms with Crippen molar-refractivity contribution in [1.29, 1.82) is 5.26 Å². The molecule has 27 heavy (non-hydrogen) atoms. The van der Waals surface area contributed by atoms with Crippen molar-refractivity contribution in [1.82, 2.24) is 0 Å².